The molecule has 0 bridgehead atoms. The van der Waals surface area contributed by atoms with Crippen molar-refractivity contribution in [2.45, 2.75) is 26.2 Å². The topological polar surface area (TPSA) is 18.5 Å². The van der Waals surface area contributed by atoms with Gasteiger partial charge in [0.25, 0.3) is 0 Å². The van der Waals surface area contributed by atoms with E-state index in [1.807, 2.05) is 6.07 Å². The van der Waals surface area contributed by atoms with Gasteiger partial charge in [0, 0.05) is 4.88 Å². The minimum absolute atomic E-state index is 0.776. The molecule has 1 heterocycles. The zero-order chi connectivity index (χ0) is 13.7. The summed E-state index contributed by atoms with van der Waals surface area (Å²) in [7, 11) is 3.34. The van der Waals surface area contributed by atoms with Gasteiger partial charge >= 0.3 is 0 Å². The Morgan fingerprint density at radius 3 is 2.53 bits per heavy atom. The summed E-state index contributed by atoms with van der Waals surface area (Å²) >= 11 is 1.79. The van der Waals surface area contributed by atoms with Crippen LogP contribution in [0.25, 0.3) is 10.4 Å². The van der Waals surface area contributed by atoms with E-state index in [4.69, 9.17) is 9.47 Å². The molecule has 0 aliphatic rings. The Labute approximate surface area is 119 Å². The molecular weight excluding hydrogens is 256 g/mol. The molecule has 0 unspecified atom stereocenters. The van der Waals surface area contributed by atoms with Gasteiger partial charge in [-0.2, -0.15) is 0 Å². The standard InChI is InChI=1S/C16H20O2S/c1-4-5-6-12-9-10-19-16(12)13-7-8-14(17-2)15(11-13)18-3/h7-11H,4-6H2,1-3H3. The maximum absolute atomic E-state index is 5.38. The van der Waals surface area contributed by atoms with Crippen molar-refractivity contribution in [3.05, 3.63) is 35.2 Å². The molecule has 1 aromatic heterocycles. The zero-order valence-electron chi connectivity index (χ0n) is 11.7. The highest BCUT2D eigenvalue weighted by atomic mass is 32.1. The van der Waals surface area contributed by atoms with Crippen LogP contribution in [0.1, 0.15) is 25.3 Å². The highest BCUT2D eigenvalue weighted by molar-refractivity contribution is 7.13. The Bertz CT molecular complexity index is 531. The monoisotopic (exact) mass is 276 g/mol. The van der Waals surface area contributed by atoms with E-state index in [2.05, 4.69) is 30.5 Å². The minimum Gasteiger partial charge on any atom is -0.493 e. The first-order valence-electron chi connectivity index (χ1n) is 6.59. The third kappa shape index (κ3) is 3.10. The molecule has 0 atom stereocenters. The summed E-state index contributed by atoms with van der Waals surface area (Å²) in [4.78, 5) is 1.34. The normalized spacial score (nSPS) is 10.5. The third-order valence-electron chi connectivity index (χ3n) is 3.19. The fraction of sp³-hybridized carbons (Fsp3) is 0.375. The smallest absolute Gasteiger partial charge is 0.161 e. The Balaban J connectivity index is 2.33. The Morgan fingerprint density at radius 1 is 1.05 bits per heavy atom. The van der Waals surface area contributed by atoms with Gasteiger partial charge in [-0.3, -0.25) is 0 Å². The van der Waals surface area contributed by atoms with Crippen molar-refractivity contribution in [2.75, 3.05) is 14.2 Å². The third-order valence-corrected chi connectivity index (χ3v) is 4.20. The van der Waals surface area contributed by atoms with Crippen LogP contribution in [0.2, 0.25) is 0 Å². The Morgan fingerprint density at radius 2 is 1.84 bits per heavy atom. The molecule has 2 nitrogen and oxygen atoms in total. The van der Waals surface area contributed by atoms with Gasteiger partial charge in [-0.15, -0.1) is 11.3 Å². The lowest BCUT2D eigenvalue weighted by Gasteiger charge is -2.10. The second kappa shape index (κ2) is 6.62. The first-order valence-corrected chi connectivity index (χ1v) is 7.46. The number of methoxy groups -OCH3 is 2. The lowest BCUT2D eigenvalue weighted by molar-refractivity contribution is 0.355. The molecule has 3 heteroatoms. The second-order valence-corrected chi connectivity index (χ2v) is 5.36. The first-order chi connectivity index (χ1) is 9.30. The number of benzene rings is 1. The van der Waals surface area contributed by atoms with Gasteiger partial charge in [0.05, 0.1) is 14.2 Å². The van der Waals surface area contributed by atoms with Crippen molar-refractivity contribution in [3.63, 3.8) is 0 Å². The zero-order valence-corrected chi connectivity index (χ0v) is 12.5. The van der Waals surface area contributed by atoms with Crippen molar-refractivity contribution < 1.29 is 9.47 Å². The average Bonchev–Trinajstić information content (AvgIpc) is 2.92. The molecule has 0 radical (unpaired) electrons. The quantitative estimate of drug-likeness (QED) is 0.756. The Kier molecular flexibility index (Phi) is 4.86. The summed E-state index contributed by atoms with van der Waals surface area (Å²) in [6.07, 6.45) is 3.60. The molecular formula is C16H20O2S. The van der Waals surface area contributed by atoms with Crippen LogP contribution in [-0.2, 0) is 6.42 Å². The van der Waals surface area contributed by atoms with Crippen molar-refractivity contribution in [2.24, 2.45) is 0 Å². The maximum atomic E-state index is 5.38. The van der Waals surface area contributed by atoms with Crippen molar-refractivity contribution in [1.82, 2.24) is 0 Å². The van der Waals surface area contributed by atoms with E-state index in [-0.39, 0.29) is 0 Å². The van der Waals surface area contributed by atoms with Gasteiger partial charge in [0.15, 0.2) is 11.5 Å². The molecule has 2 aromatic rings. The van der Waals surface area contributed by atoms with Crippen LogP contribution in [0.4, 0.5) is 0 Å². The number of rotatable bonds is 6. The summed E-state index contributed by atoms with van der Waals surface area (Å²) in [6, 6.07) is 8.35. The largest absolute Gasteiger partial charge is 0.493 e. The molecule has 0 N–H and O–H groups in total. The van der Waals surface area contributed by atoms with Crippen LogP contribution in [0, 0.1) is 0 Å². The summed E-state index contributed by atoms with van der Waals surface area (Å²) in [5.41, 5.74) is 2.64. The van der Waals surface area contributed by atoms with E-state index < -0.39 is 0 Å². The second-order valence-electron chi connectivity index (χ2n) is 4.45. The summed E-state index contributed by atoms with van der Waals surface area (Å²) in [5.74, 6) is 1.56. The van der Waals surface area contributed by atoms with Crippen molar-refractivity contribution in [1.29, 1.82) is 0 Å². The van der Waals surface area contributed by atoms with Gasteiger partial charge in [0.2, 0.25) is 0 Å². The van der Waals surface area contributed by atoms with Crippen LogP contribution < -0.4 is 9.47 Å². The van der Waals surface area contributed by atoms with Gasteiger partial charge in [0.1, 0.15) is 0 Å². The maximum Gasteiger partial charge on any atom is 0.161 e. The lowest BCUT2D eigenvalue weighted by Crippen LogP contribution is -1.91. The predicted molar refractivity (Wildman–Crippen MR) is 81.5 cm³/mol. The summed E-state index contributed by atoms with van der Waals surface area (Å²) in [5, 5.41) is 2.16. The van der Waals surface area contributed by atoms with E-state index >= 15 is 0 Å². The van der Waals surface area contributed by atoms with E-state index in [9.17, 15) is 0 Å². The summed E-state index contributed by atoms with van der Waals surface area (Å²) in [6.45, 7) is 2.22. The number of aryl methyl sites for hydroxylation is 1. The number of thiophene rings is 1. The van der Waals surface area contributed by atoms with E-state index in [0.29, 0.717) is 0 Å². The van der Waals surface area contributed by atoms with E-state index in [1.54, 1.807) is 25.6 Å². The Hall–Kier alpha value is -1.48. The molecule has 0 spiro atoms. The van der Waals surface area contributed by atoms with Gasteiger partial charge in [-0.25, -0.2) is 0 Å². The van der Waals surface area contributed by atoms with Crippen molar-refractivity contribution >= 4 is 11.3 Å². The van der Waals surface area contributed by atoms with E-state index in [1.165, 1.54) is 28.8 Å². The number of hydrogen-bond acceptors (Lipinski definition) is 3. The van der Waals surface area contributed by atoms with Crippen LogP contribution in [0.15, 0.2) is 29.6 Å². The molecule has 102 valence electrons. The molecule has 0 aliphatic carbocycles. The minimum atomic E-state index is 0.776. The van der Waals surface area contributed by atoms with Crippen LogP contribution in [0.5, 0.6) is 11.5 Å². The molecule has 0 saturated heterocycles. The number of unbranched alkanes of at least 4 members (excludes halogenated alkanes) is 1. The van der Waals surface area contributed by atoms with Crippen molar-refractivity contribution in [3.8, 4) is 21.9 Å². The van der Waals surface area contributed by atoms with Crippen LogP contribution in [0.3, 0.4) is 0 Å². The lowest BCUT2D eigenvalue weighted by atomic mass is 10.0. The summed E-state index contributed by atoms with van der Waals surface area (Å²) < 4.78 is 10.7. The first kappa shape index (κ1) is 13.9. The molecule has 0 aliphatic heterocycles. The molecule has 0 amide bonds. The van der Waals surface area contributed by atoms with Gasteiger partial charge in [-0.1, -0.05) is 13.3 Å². The van der Waals surface area contributed by atoms with Gasteiger partial charge in [-0.05, 0) is 53.6 Å². The fourth-order valence-corrected chi connectivity index (χ4v) is 3.08. The molecule has 0 saturated carbocycles. The fourth-order valence-electron chi connectivity index (χ4n) is 2.13. The van der Waals surface area contributed by atoms with E-state index in [0.717, 1.165) is 17.9 Å². The van der Waals surface area contributed by atoms with Gasteiger partial charge < -0.3 is 9.47 Å². The van der Waals surface area contributed by atoms with Crippen LogP contribution in [-0.4, -0.2) is 14.2 Å². The highest BCUT2D eigenvalue weighted by Crippen LogP contribution is 2.36. The highest BCUT2D eigenvalue weighted by Gasteiger charge is 2.10. The molecule has 2 rings (SSSR count). The van der Waals surface area contributed by atoms with Crippen LogP contribution >= 0.6 is 11.3 Å². The average molecular weight is 276 g/mol. The molecule has 0 fully saturated rings. The molecule has 1 aromatic carbocycles. The SMILES string of the molecule is CCCCc1ccsc1-c1ccc(OC)c(OC)c1. The predicted octanol–water partition coefficient (Wildman–Crippen LogP) is 4.77. The molecule has 19 heavy (non-hydrogen) atoms. The number of ether oxygens (including phenoxy) is 2. The number of hydrogen-bond donors (Lipinski definition) is 0.